The van der Waals surface area contributed by atoms with Crippen LogP contribution in [0.5, 0.6) is 0 Å². The fraction of sp³-hybridized carbons (Fsp3) is 0.360. The van der Waals surface area contributed by atoms with Gasteiger partial charge in [-0.05, 0) is 29.9 Å². The van der Waals surface area contributed by atoms with Crippen molar-refractivity contribution in [2.24, 2.45) is 5.92 Å². The van der Waals surface area contributed by atoms with Crippen molar-refractivity contribution in [1.29, 1.82) is 0 Å². The molecule has 0 radical (unpaired) electrons. The van der Waals surface area contributed by atoms with Crippen molar-refractivity contribution < 1.29 is 29.3 Å². The fourth-order valence-corrected chi connectivity index (χ4v) is 3.58. The van der Waals surface area contributed by atoms with Gasteiger partial charge in [-0.1, -0.05) is 68.4 Å². The van der Waals surface area contributed by atoms with Crippen LogP contribution < -0.4 is 5.32 Å². The van der Waals surface area contributed by atoms with Gasteiger partial charge < -0.3 is 19.7 Å². The summed E-state index contributed by atoms with van der Waals surface area (Å²) in [4.78, 5) is 23.2. The van der Waals surface area contributed by atoms with Crippen molar-refractivity contribution in [3.8, 4) is 0 Å². The lowest BCUT2D eigenvalue weighted by Gasteiger charge is -2.22. The SMILES string of the molecule is CC(C)C[C@H](NC(Cc1ccc(C2OC=C(Cc3ccccc3)O2)cc1)C(=O)O)C(=O)O. The van der Waals surface area contributed by atoms with Crippen LogP contribution in [0.15, 0.2) is 66.6 Å². The number of allylic oxidation sites excluding steroid dienone is 1. The largest absolute Gasteiger partial charge is 0.480 e. The number of carboxylic acids is 2. The Morgan fingerprint density at radius 3 is 2.19 bits per heavy atom. The zero-order valence-electron chi connectivity index (χ0n) is 18.2. The Morgan fingerprint density at radius 2 is 1.59 bits per heavy atom. The fourth-order valence-electron chi connectivity index (χ4n) is 3.58. The molecule has 0 amide bonds. The van der Waals surface area contributed by atoms with Gasteiger partial charge in [0.05, 0.1) is 0 Å². The molecule has 1 aliphatic rings. The van der Waals surface area contributed by atoms with Crippen LogP contribution in [0.4, 0.5) is 0 Å². The van der Waals surface area contributed by atoms with Crippen LogP contribution in [-0.2, 0) is 31.9 Å². The van der Waals surface area contributed by atoms with Crippen molar-refractivity contribution in [2.75, 3.05) is 0 Å². The molecule has 2 unspecified atom stereocenters. The van der Waals surface area contributed by atoms with Gasteiger partial charge in [-0.3, -0.25) is 14.9 Å². The highest BCUT2D eigenvalue weighted by Gasteiger charge is 2.27. The van der Waals surface area contributed by atoms with E-state index in [0.29, 0.717) is 12.8 Å². The van der Waals surface area contributed by atoms with E-state index in [0.717, 1.165) is 22.4 Å². The number of aliphatic carboxylic acids is 2. The van der Waals surface area contributed by atoms with Crippen LogP contribution >= 0.6 is 0 Å². The van der Waals surface area contributed by atoms with Gasteiger partial charge >= 0.3 is 11.9 Å². The highest BCUT2D eigenvalue weighted by atomic mass is 16.7. The van der Waals surface area contributed by atoms with Crippen LogP contribution in [0.25, 0.3) is 0 Å². The summed E-state index contributed by atoms with van der Waals surface area (Å²) < 4.78 is 11.5. The average Bonchev–Trinajstić information content (AvgIpc) is 3.21. The van der Waals surface area contributed by atoms with E-state index in [2.05, 4.69) is 5.32 Å². The number of hydrogen-bond donors (Lipinski definition) is 3. The van der Waals surface area contributed by atoms with Gasteiger partial charge in [-0.15, -0.1) is 0 Å². The molecule has 0 saturated heterocycles. The molecule has 3 rings (SSSR count). The Morgan fingerprint density at radius 1 is 0.938 bits per heavy atom. The topological polar surface area (TPSA) is 105 Å². The summed E-state index contributed by atoms with van der Waals surface area (Å²) in [5.74, 6) is -1.26. The minimum absolute atomic E-state index is 0.129. The van der Waals surface area contributed by atoms with Crippen molar-refractivity contribution in [1.82, 2.24) is 5.32 Å². The summed E-state index contributed by atoms with van der Waals surface area (Å²) in [5.41, 5.74) is 2.72. The molecule has 0 aromatic heterocycles. The zero-order chi connectivity index (χ0) is 23.1. The van der Waals surface area contributed by atoms with Crippen LogP contribution in [-0.4, -0.2) is 34.2 Å². The quantitative estimate of drug-likeness (QED) is 0.488. The van der Waals surface area contributed by atoms with Gasteiger partial charge in [-0.25, -0.2) is 0 Å². The molecule has 1 aliphatic heterocycles. The maximum atomic E-state index is 11.7. The first kappa shape index (κ1) is 23.3. The van der Waals surface area contributed by atoms with Gasteiger partial charge in [0.1, 0.15) is 24.1 Å². The number of carboxylic acid groups (broad SMARTS) is 2. The van der Waals surface area contributed by atoms with E-state index in [1.807, 2.05) is 68.4 Å². The lowest BCUT2D eigenvalue weighted by molar-refractivity contribution is -0.142. The molecule has 0 spiro atoms. The lowest BCUT2D eigenvalue weighted by Crippen LogP contribution is -2.48. The average molecular weight is 440 g/mol. The molecule has 7 heteroatoms. The third-order valence-electron chi connectivity index (χ3n) is 5.20. The Bertz CT molecular complexity index is 939. The molecule has 0 aliphatic carbocycles. The Kier molecular flexibility index (Phi) is 7.89. The van der Waals surface area contributed by atoms with Crippen LogP contribution in [0.3, 0.4) is 0 Å². The van der Waals surface area contributed by atoms with Gasteiger partial charge in [0, 0.05) is 12.0 Å². The highest BCUT2D eigenvalue weighted by Crippen LogP contribution is 2.30. The predicted molar refractivity (Wildman–Crippen MR) is 119 cm³/mol. The molecule has 3 N–H and O–H groups in total. The molecule has 0 bridgehead atoms. The molecule has 170 valence electrons. The van der Waals surface area contributed by atoms with E-state index in [1.54, 1.807) is 6.26 Å². The molecule has 2 aromatic carbocycles. The van der Waals surface area contributed by atoms with Gasteiger partial charge in [0.25, 0.3) is 6.29 Å². The first-order valence-corrected chi connectivity index (χ1v) is 10.7. The zero-order valence-corrected chi connectivity index (χ0v) is 18.2. The molecule has 32 heavy (non-hydrogen) atoms. The number of ether oxygens (including phenoxy) is 2. The standard InChI is InChI=1S/C25H29NO6/c1-16(2)12-21(23(27)28)26-22(24(29)30)14-18-8-10-19(11-9-18)25-31-15-20(32-25)13-17-6-4-3-5-7-17/h3-11,15-16,21-22,25-26H,12-14H2,1-2H3,(H,27,28)(H,29,30)/t21-,22?,25?/m0/s1. The smallest absolute Gasteiger partial charge is 0.321 e. The van der Waals surface area contributed by atoms with E-state index in [1.165, 1.54) is 0 Å². The van der Waals surface area contributed by atoms with Gasteiger partial charge in [-0.2, -0.15) is 0 Å². The summed E-state index contributed by atoms with van der Waals surface area (Å²) in [6, 6.07) is 15.3. The minimum Gasteiger partial charge on any atom is -0.480 e. The molecule has 3 atom stereocenters. The first-order chi connectivity index (χ1) is 15.3. The first-order valence-electron chi connectivity index (χ1n) is 10.7. The molecule has 2 aromatic rings. The summed E-state index contributed by atoms with van der Waals surface area (Å²) in [6.45, 7) is 3.80. The molecule has 0 fully saturated rings. The summed E-state index contributed by atoms with van der Waals surface area (Å²) >= 11 is 0. The normalized spacial score (nSPS) is 17.2. The van der Waals surface area contributed by atoms with Crippen LogP contribution in [0.2, 0.25) is 0 Å². The molecule has 7 nitrogen and oxygen atoms in total. The lowest BCUT2D eigenvalue weighted by atomic mass is 10.00. The van der Waals surface area contributed by atoms with Gasteiger partial charge in [0.2, 0.25) is 0 Å². The third-order valence-corrected chi connectivity index (χ3v) is 5.20. The number of benzene rings is 2. The van der Waals surface area contributed by atoms with Crippen LogP contribution in [0.1, 0.15) is 43.2 Å². The third kappa shape index (κ3) is 6.59. The number of nitrogens with one attached hydrogen (secondary N) is 1. The summed E-state index contributed by atoms with van der Waals surface area (Å²) in [6.07, 6.45) is 2.24. The molecular formula is C25H29NO6. The molecule has 1 heterocycles. The summed E-state index contributed by atoms with van der Waals surface area (Å²) in [7, 11) is 0. The van der Waals surface area contributed by atoms with Crippen molar-refractivity contribution >= 4 is 11.9 Å². The number of rotatable bonds is 11. The molecular weight excluding hydrogens is 410 g/mol. The van der Waals surface area contributed by atoms with E-state index >= 15 is 0 Å². The van der Waals surface area contributed by atoms with E-state index in [9.17, 15) is 19.8 Å². The second kappa shape index (κ2) is 10.8. The Labute approximate surface area is 187 Å². The van der Waals surface area contributed by atoms with E-state index < -0.39 is 30.3 Å². The maximum Gasteiger partial charge on any atom is 0.321 e. The van der Waals surface area contributed by atoms with Crippen molar-refractivity contribution in [2.45, 2.75) is 51.5 Å². The monoisotopic (exact) mass is 439 g/mol. The Hall–Kier alpha value is -3.32. The van der Waals surface area contributed by atoms with Crippen molar-refractivity contribution in [3.63, 3.8) is 0 Å². The second-order valence-electron chi connectivity index (χ2n) is 8.36. The number of hydrogen-bond acceptors (Lipinski definition) is 5. The van der Waals surface area contributed by atoms with Gasteiger partial charge in [0.15, 0.2) is 0 Å². The van der Waals surface area contributed by atoms with E-state index in [-0.39, 0.29) is 12.3 Å². The number of carbonyl (C=O) groups is 2. The predicted octanol–water partition coefficient (Wildman–Crippen LogP) is 3.90. The second-order valence-corrected chi connectivity index (χ2v) is 8.36. The Balaban J connectivity index is 1.58. The van der Waals surface area contributed by atoms with E-state index in [4.69, 9.17) is 9.47 Å². The molecule has 0 saturated carbocycles. The van der Waals surface area contributed by atoms with Crippen LogP contribution in [0, 0.1) is 5.92 Å². The maximum absolute atomic E-state index is 11.7. The highest BCUT2D eigenvalue weighted by molar-refractivity contribution is 5.77. The van der Waals surface area contributed by atoms with Crippen molar-refractivity contribution in [3.05, 3.63) is 83.3 Å². The minimum atomic E-state index is -1.08. The summed E-state index contributed by atoms with van der Waals surface area (Å²) in [5, 5.41) is 21.8.